The molecule has 21 heavy (non-hydrogen) atoms. The first-order chi connectivity index (χ1) is 10.2. The number of aliphatic hydroxyl groups excluding tert-OH is 1. The molecule has 0 spiro atoms. The maximum absolute atomic E-state index is 11.0. The van der Waals surface area contributed by atoms with Crippen molar-refractivity contribution in [2.45, 2.75) is 19.1 Å². The highest BCUT2D eigenvalue weighted by Gasteiger charge is 2.53. The van der Waals surface area contributed by atoms with Gasteiger partial charge < -0.3 is 24.1 Å². The smallest absolute Gasteiger partial charge is 0.302 e. The predicted octanol–water partition coefficient (Wildman–Crippen LogP) is 1.33. The lowest BCUT2D eigenvalue weighted by Crippen LogP contribution is -2.29. The van der Waals surface area contributed by atoms with Crippen LogP contribution in [0.2, 0.25) is 0 Å². The Kier molecular flexibility index (Phi) is 2.83. The molecular formula is C15H16O6. The third-order valence-electron chi connectivity index (χ3n) is 4.50. The maximum atomic E-state index is 11.0. The summed E-state index contributed by atoms with van der Waals surface area (Å²) in [5, 5.41) is 9.67. The van der Waals surface area contributed by atoms with Crippen molar-refractivity contribution in [2.75, 3.05) is 20.0 Å². The number of carbonyl (C=O) groups is 1. The van der Waals surface area contributed by atoms with Crippen molar-refractivity contribution in [1.82, 2.24) is 0 Å². The second-order valence-corrected chi connectivity index (χ2v) is 5.62. The van der Waals surface area contributed by atoms with Gasteiger partial charge in [0.25, 0.3) is 0 Å². The standard InChI is InChI=1S/C15H16O6/c1-7(17)18-5-11-10(4-16)14-8-2-12-13(20-6-19-12)3-9(8)15(11)21-14/h2-3,10-11,14-16H,4-6H2,1H3/t10-,11+,14-,15?/m0/s1. The van der Waals surface area contributed by atoms with E-state index in [4.69, 9.17) is 18.9 Å². The Labute approximate surface area is 121 Å². The van der Waals surface area contributed by atoms with E-state index in [-0.39, 0.29) is 50.0 Å². The van der Waals surface area contributed by atoms with Crippen LogP contribution in [0, 0.1) is 11.8 Å². The van der Waals surface area contributed by atoms with Crippen LogP contribution in [0.4, 0.5) is 0 Å². The molecule has 0 aliphatic carbocycles. The summed E-state index contributed by atoms with van der Waals surface area (Å²) in [6.07, 6.45) is -0.346. The summed E-state index contributed by atoms with van der Waals surface area (Å²) in [6, 6.07) is 3.88. The lowest BCUT2D eigenvalue weighted by Gasteiger charge is -2.27. The van der Waals surface area contributed by atoms with E-state index in [9.17, 15) is 9.90 Å². The van der Waals surface area contributed by atoms with Gasteiger partial charge in [-0.25, -0.2) is 0 Å². The normalized spacial score (nSPS) is 31.3. The zero-order valence-electron chi connectivity index (χ0n) is 11.6. The van der Waals surface area contributed by atoms with Gasteiger partial charge in [0.15, 0.2) is 11.5 Å². The molecule has 0 amide bonds. The molecule has 6 heteroatoms. The zero-order chi connectivity index (χ0) is 14.6. The highest BCUT2D eigenvalue weighted by Crippen LogP contribution is 2.59. The number of ether oxygens (including phenoxy) is 4. The molecule has 112 valence electrons. The minimum atomic E-state index is -0.319. The molecule has 4 rings (SSSR count). The summed E-state index contributed by atoms with van der Waals surface area (Å²) in [5.74, 6) is 1.02. The fourth-order valence-corrected chi connectivity index (χ4v) is 3.54. The second-order valence-electron chi connectivity index (χ2n) is 5.62. The number of esters is 1. The van der Waals surface area contributed by atoms with Gasteiger partial charge >= 0.3 is 5.97 Å². The van der Waals surface area contributed by atoms with Crippen LogP contribution in [0.25, 0.3) is 0 Å². The topological polar surface area (TPSA) is 74.2 Å². The number of hydrogen-bond donors (Lipinski definition) is 1. The SMILES string of the molecule is CC(=O)OC[C@H]1C2O[C@@H](c3cc4c(cc32)OCO4)[C@H]1CO. The summed E-state index contributed by atoms with van der Waals surface area (Å²) in [5.41, 5.74) is 2.09. The number of carbonyl (C=O) groups excluding carboxylic acids is 1. The summed E-state index contributed by atoms with van der Waals surface area (Å²) < 4.78 is 21.9. The van der Waals surface area contributed by atoms with Crippen LogP contribution >= 0.6 is 0 Å². The van der Waals surface area contributed by atoms with Crippen molar-refractivity contribution in [2.24, 2.45) is 11.8 Å². The van der Waals surface area contributed by atoms with Crippen LogP contribution in [-0.2, 0) is 14.3 Å². The molecule has 1 aromatic carbocycles. The van der Waals surface area contributed by atoms with Gasteiger partial charge in [0.05, 0.1) is 18.8 Å². The first-order valence-electron chi connectivity index (χ1n) is 7.02. The van der Waals surface area contributed by atoms with Crippen LogP contribution in [-0.4, -0.2) is 31.1 Å². The van der Waals surface area contributed by atoms with E-state index < -0.39 is 0 Å². The molecule has 3 heterocycles. The number of hydrogen-bond acceptors (Lipinski definition) is 6. The lowest BCUT2D eigenvalue weighted by molar-refractivity contribution is -0.143. The van der Waals surface area contributed by atoms with E-state index >= 15 is 0 Å². The molecule has 1 fully saturated rings. The second kappa shape index (κ2) is 4.61. The van der Waals surface area contributed by atoms with E-state index in [0.29, 0.717) is 0 Å². The fraction of sp³-hybridized carbons (Fsp3) is 0.533. The predicted molar refractivity (Wildman–Crippen MR) is 69.8 cm³/mol. The number of rotatable bonds is 3. The first kappa shape index (κ1) is 12.9. The minimum Gasteiger partial charge on any atom is -0.465 e. The third-order valence-corrected chi connectivity index (χ3v) is 4.50. The number of aliphatic hydroxyl groups is 1. The van der Waals surface area contributed by atoms with Crippen molar-refractivity contribution < 1.29 is 28.8 Å². The highest BCUT2D eigenvalue weighted by molar-refractivity contribution is 5.66. The Hall–Kier alpha value is -1.79. The largest absolute Gasteiger partial charge is 0.465 e. The van der Waals surface area contributed by atoms with Crippen LogP contribution < -0.4 is 9.47 Å². The van der Waals surface area contributed by atoms with Crippen molar-refractivity contribution in [3.63, 3.8) is 0 Å². The molecule has 3 aliphatic heterocycles. The Morgan fingerprint density at radius 2 is 1.86 bits per heavy atom. The molecular weight excluding hydrogens is 276 g/mol. The molecule has 0 aromatic heterocycles. The molecule has 1 saturated heterocycles. The van der Waals surface area contributed by atoms with Gasteiger partial charge in [-0.1, -0.05) is 0 Å². The van der Waals surface area contributed by atoms with Gasteiger partial charge in [-0.15, -0.1) is 0 Å². The average molecular weight is 292 g/mol. The fourth-order valence-electron chi connectivity index (χ4n) is 3.54. The van der Waals surface area contributed by atoms with Gasteiger partial charge in [0, 0.05) is 25.4 Å². The third kappa shape index (κ3) is 1.82. The first-order valence-corrected chi connectivity index (χ1v) is 7.02. The Bertz CT molecular complexity index is 598. The molecule has 2 bridgehead atoms. The Morgan fingerprint density at radius 3 is 2.43 bits per heavy atom. The highest BCUT2D eigenvalue weighted by atomic mass is 16.7. The van der Waals surface area contributed by atoms with E-state index in [2.05, 4.69) is 0 Å². The molecule has 0 saturated carbocycles. The van der Waals surface area contributed by atoms with E-state index in [1.807, 2.05) is 12.1 Å². The van der Waals surface area contributed by atoms with Crippen LogP contribution in [0.3, 0.4) is 0 Å². The summed E-state index contributed by atoms with van der Waals surface area (Å²) in [4.78, 5) is 11.0. The van der Waals surface area contributed by atoms with Crippen LogP contribution in [0.1, 0.15) is 30.3 Å². The molecule has 1 N–H and O–H groups in total. The van der Waals surface area contributed by atoms with Gasteiger partial charge in [-0.05, 0) is 23.3 Å². The summed E-state index contributed by atoms with van der Waals surface area (Å²) in [6.45, 7) is 1.87. The van der Waals surface area contributed by atoms with E-state index in [1.54, 1.807) is 0 Å². The van der Waals surface area contributed by atoms with E-state index in [1.165, 1.54) is 6.92 Å². The molecule has 1 aromatic rings. The van der Waals surface area contributed by atoms with E-state index in [0.717, 1.165) is 22.6 Å². The molecule has 4 atom stereocenters. The number of fused-ring (bicyclic) bond motifs is 6. The Balaban J connectivity index is 1.68. The van der Waals surface area contributed by atoms with Crippen LogP contribution in [0.15, 0.2) is 12.1 Å². The molecule has 3 aliphatic rings. The van der Waals surface area contributed by atoms with Crippen molar-refractivity contribution in [1.29, 1.82) is 0 Å². The summed E-state index contributed by atoms with van der Waals surface area (Å²) in [7, 11) is 0. The van der Waals surface area contributed by atoms with Gasteiger partial charge in [-0.2, -0.15) is 0 Å². The van der Waals surface area contributed by atoms with Crippen LogP contribution in [0.5, 0.6) is 11.5 Å². The zero-order valence-corrected chi connectivity index (χ0v) is 11.6. The van der Waals surface area contributed by atoms with Crippen molar-refractivity contribution >= 4 is 5.97 Å². The quantitative estimate of drug-likeness (QED) is 0.847. The number of benzene rings is 1. The molecule has 0 radical (unpaired) electrons. The lowest BCUT2D eigenvalue weighted by atomic mass is 9.76. The Morgan fingerprint density at radius 1 is 1.24 bits per heavy atom. The van der Waals surface area contributed by atoms with Crippen molar-refractivity contribution in [3.8, 4) is 11.5 Å². The minimum absolute atomic E-state index is 0.000972. The molecule has 6 nitrogen and oxygen atoms in total. The molecule has 1 unspecified atom stereocenters. The van der Waals surface area contributed by atoms with Gasteiger partial charge in [0.2, 0.25) is 6.79 Å². The van der Waals surface area contributed by atoms with Gasteiger partial charge in [-0.3, -0.25) is 4.79 Å². The summed E-state index contributed by atoms with van der Waals surface area (Å²) >= 11 is 0. The van der Waals surface area contributed by atoms with Gasteiger partial charge in [0.1, 0.15) is 0 Å². The monoisotopic (exact) mass is 292 g/mol. The maximum Gasteiger partial charge on any atom is 0.302 e. The van der Waals surface area contributed by atoms with Crippen molar-refractivity contribution in [3.05, 3.63) is 23.3 Å². The average Bonchev–Trinajstić information content (AvgIpc) is 3.14.